The fourth-order valence-corrected chi connectivity index (χ4v) is 4.11. The second kappa shape index (κ2) is 7.25. The van der Waals surface area contributed by atoms with Gasteiger partial charge in [0.2, 0.25) is 0 Å². The van der Waals surface area contributed by atoms with E-state index in [1.807, 2.05) is 43.5 Å². The zero-order chi connectivity index (χ0) is 16.2. The zero-order valence-corrected chi connectivity index (χ0v) is 15.1. The minimum atomic E-state index is -0.133. The van der Waals surface area contributed by atoms with Crippen molar-refractivity contribution in [2.45, 2.75) is 24.5 Å². The number of nitrogens with one attached hydrogen (secondary N) is 1. The van der Waals surface area contributed by atoms with Crippen LogP contribution >= 0.6 is 34.4 Å². The van der Waals surface area contributed by atoms with Gasteiger partial charge in [-0.1, -0.05) is 0 Å². The lowest BCUT2D eigenvalue weighted by Gasteiger charge is -2.04. The molecule has 0 fully saturated rings. The van der Waals surface area contributed by atoms with Gasteiger partial charge in [-0.2, -0.15) is 0 Å². The average molecular weight is 362 g/mol. The van der Waals surface area contributed by atoms with E-state index in [0.717, 1.165) is 27.0 Å². The summed E-state index contributed by atoms with van der Waals surface area (Å²) in [4.78, 5) is 22.0. The van der Waals surface area contributed by atoms with E-state index in [9.17, 15) is 4.79 Å². The van der Waals surface area contributed by atoms with E-state index in [4.69, 9.17) is 0 Å². The van der Waals surface area contributed by atoms with Crippen LogP contribution in [0.2, 0.25) is 0 Å². The van der Waals surface area contributed by atoms with Gasteiger partial charge in [-0.25, -0.2) is 9.97 Å². The van der Waals surface area contributed by atoms with E-state index in [2.05, 4.69) is 20.7 Å². The van der Waals surface area contributed by atoms with Gasteiger partial charge >= 0.3 is 0 Å². The Bertz CT molecular complexity index is 808. The largest absolute Gasteiger partial charge is 0.298 e. The lowest BCUT2D eigenvalue weighted by atomic mass is 10.2. The zero-order valence-electron chi connectivity index (χ0n) is 12.7. The summed E-state index contributed by atoms with van der Waals surface area (Å²) in [6, 6.07) is 7.60. The lowest BCUT2D eigenvalue weighted by molar-refractivity contribution is 0.102. The molecule has 0 unspecified atom stereocenters. The summed E-state index contributed by atoms with van der Waals surface area (Å²) in [6.07, 6.45) is 0. The van der Waals surface area contributed by atoms with Crippen molar-refractivity contribution in [2.75, 3.05) is 5.32 Å². The Morgan fingerprint density at radius 2 is 1.91 bits per heavy atom. The Kier molecular flexibility index (Phi) is 5.09. The Morgan fingerprint density at radius 1 is 1.13 bits per heavy atom. The van der Waals surface area contributed by atoms with Crippen LogP contribution in [-0.2, 0) is 5.75 Å². The molecule has 3 aromatic rings. The molecule has 0 saturated heterocycles. The Labute approximate surface area is 147 Å². The first kappa shape index (κ1) is 16.2. The van der Waals surface area contributed by atoms with E-state index >= 15 is 0 Å². The summed E-state index contributed by atoms with van der Waals surface area (Å²) in [7, 11) is 0. The van der Waals surface area contributed by atoms with Crippen molar-refractivity contribution in [3.8, 4) is 0 Å². The lowest BCUT2D eigenvalue weighted by Crippen LogP contribution is -2.11. The minimum absolute atomic E-state index is 0.133. The van der Waals surface area contributed by atoms with Gasteiger partial charge in [-0.05, 0) is 38.1 Å². The molecule has 4 nitrogen and oxygen atoms in total. The van der Waals surface area contributed by atoms with Crippen molar-refractivity contribution in [2.24, 2.45) is 0 Å². The number of nitrogens with zero attached hydrogens (tertiary/aromatic N) is 2. The minimum Gasteiger partial charge on any atom is -0.298 e. The molecule has 3 rings (SSSR count). The van der Waals surface area contributed by atoms with Crippen LogP contribution in [0.3, 0.4) is 0 Å². The third-order valence-electron chi connectivity index (χ3n) is 3.01. The average Bonchev–Trinajstić information content (AvgIpc) is 3.14. The number of benzene rings is 1. The Balaban J connectivity index is 1.58. The maximum atomic E-state index is 12.2. The number of carbonyl (C=O) groups excluding carboxylic acids is 1. The van der Waals surface area contributed by atoms with Crippen LogP contribution < -0.4 is 5.32 Å². The van der Waals surface area contributed by atoms with Crippen molar-refractivity contribution in [3.05, 3.63) is 57.0 Å². The number of aromatic nitrogens is 2. The number of amides is 1. The van der Waals surface area contributed by atoms with Crippen LogP contribution in [-0.4, -0.2) is 15.9 Å². The predicted molar refractivity (Wildman–Crippen MR) is 97.7 cm³/mol. The van der Waals surface area contributed by atoms with E-state index in [1.165, 1.54) is 11.3 Å². The molecular formula is C16H15N3OS3. The molecule has 2 heterocycles. The molecule has 0 bridgehead atoms. The molecule has 118 valence electrons. The smallest absolute Gasteiger partial charge is 0.257 e. The maximum Gasteiger partial charge on any atom is 0.257 e. The first-order valence-electron chi connectivity index (χ1n) is 6.97. The van der Waals surface area contributed by atoms with Crippen LogP contribution in [0.5, 0.6) is 0 Å². The van der Waals surface area contributed by atoms with E-state index in [-0.39, 0.29) is 5.91 Å². The van der Waals surface area contributed by atoms with Crippen LogP contribution in [0, 0.1) is 13.8 Å². The van der Waals surface area contributed by atoms with Gasteiger partial charge in [0, 0.05) is 27.0 Å². The van der Waals surface area contributed by atoms with Crippen molar-refractivity contribution in [3.63, 3.8) is 0 Å². The van der Waals surface area contributed by atoms with Crippen molar-refractivity contribution in [1.29, 1.82) is 0 Å². The molecule has 0 spiro atoms. The molecule has 7 heteroatoms. The van der Waals surface area contributed by atoms with Gasteiger partial charge in [0.1, 0.15) is 0 Å². The van der Waals surface area contributed by atoms with Gasteiger partial charge in [0.15, 0.2) is 5.13 Å². The molecule has 0 aliphatic rings. The molecule has 0 aliphatic heterocycles. The summed E-state index contributed by atoms with van der Waals surface area (Å²) < 4.78 is 0. The second-order valence-corrected chi connectivity index (χ2v) is 7.89. The number of rotatable bonds is 5. The Hall–Kier alpha value is -1.70. The molecular weight excluding hydrogens is 346 g/mol. The number of aryl methyl sites for hydroxylation is 2. The topological polar surface area (TPSA) is 54.9 Å². The summed E-state index contributed by atoms with van der Waals surface area (Å²) in [6.45, 7) is 3.91. The quantitative estimate of drug-likeness (QED) is 0.666. The molecule has 0 aliphatic carbocycles. The molecule has 1 aromatic carbocycles. The highest BCUT2D eigenvalue weighted by Gasteiger charge is 2.08. The van der Waals surface area contributed by atoms with Gasteiger partial charge in [0.25, 0.3) is 5.91 Å². The molecule has 23 heavy (non-hydrogen) atoms. The summed E-state index contributed by atoms with van der Waals surface area (Å²) in [5.74, 6) is 0.708. The molecule has 1 N–H and O–H groups in total. The normalized spacial score (nSPS) is 10.7. The van der Waals surface area contributed by atoms with Gasteiger partial charge < -0.3 is 0 Å². The number of anilines is 1. The SMILES string of the molecule is Cc1csc(NC(=O)c2ccc(SCc3csc(C)n3)cc2)n1. The summed E-state index contributed by atoms with van der Waals surface area (Å²) >= 11 is 4.81. The second-order valence-electron chi connectivity index (χ2n) is 4.92. The highest BCUT2D eigenvalue weighted by atomic mass is 32.2. The third kappa shape index (κ3) is 4.40. The van der Waals surface area contributed by atoms with E-state index in [0.29, 0.717) is 10.7 Å². The number of thioether (sulfide) groups is 1. The van der Waals surface area contributed by atoms with Gasteiger partial charge in [-0.15, -0.1) is 34.4 Å². The fraction of sp³-hybridized carbons (Fsp3) is 0.188. The fourth-order valence-electron chi connectivity index (χ4n) is 1.92. The van der Waals surface area contributed by atoms with Crippen molar-refractivity contribution < 1.29 is 4.79 Å². The standard InChI is InChI=1S/C16H15N3OS3/c1-10-7-23-16(17-10)19-15(20)12-3-5-14(6-4-12)22-9-13-8-21-11(2)18-13/h3-8H,9H2,1-2H3,(H,17,19,20). The van der Waals surface area contributed by atoms with Gasteiger partial charge in [-0.3, -0.25) is 10.1 Å². The first-order valence-corrected chi connectivity index (χ1v) is 9.72. The van der Waals surface area contributed by atoms with E-state index in [1.54, 1.807) is 23.1 Å². The number of hydrogen-bond donors (Lipinski definition) is 1. The maximum absolute atomic E-state index is 12.2. The van der Waals surface area contributed by atoms with Crippen LogP contribution in [0.25, 0.3) is 0 Å². The Morgan fingerprint density at radius 3 is 2.52 bits per heavy atom. The van der Waals surface area contributed by atoms with E-state index < -0.39 is 0 Å². The third-order valence-corrected chi connectivity index (χ3v) is 5.75. The van der Waals surface area contributed by atoms with Crippen molar-refractivity contribution >= 4 is 45.5 Å². The number of hydrogen-bond acceptors (Lipinski definition) is 6. The highest BCUT2D eigenvalue weighted by Crippen LogP contribution is 2.24. The molecule has 1 amide bonds. The van der Waals surface area contributed by atoms with Crippen molar-refractivity contribution in [1.82, 2.24) is 9.97 Å². The highest BCUT2D eigenvalue weighted by molar-refractivity contribution is 7.98. The van der Waals surface area contributed by atoms with Crippen LogP contribution in [0.15, 0.2) is 39.9 Å². The molecule has 0 atom stereocenters. The predicted octanol–water partition coefficient (Wildman–Crippen LogP) is 4.76. The first-order chi connectivity index (χ1) is 11.1. The summed E-state index contributed by atoms with van der Waals surface area (Å²) in [5.41, 5.74) is 2.64. The number of carbonyl (C=O) groups is 1. The molecule has 2 aromatic heterocycles. The van der Waals surface area contributed by atoms with Crippen LogP contribution in [0.1, 0.15) is 26.8 Å². The monoisotopic (exact) mass is 361 g/mol. The molecule has 0 radical (unpaired) electrons. The molecule has 0 saturated carbocycles. The summed E-state index contributed by atoms with van der Waals surface area (Å²) in [5, 5.41) is 8.53. The van der Waals surface area contributed by atoms with Crippen LogP contribution in [0.4, 0.5) is 5.13 Å². The number of thiazole rings is 2. The van der Waals surface area contributed by atoms with Gasteiger partial charge in [0.05, 0.1) is 16.4 Å².